The number of aliphatic hydroxyl groups is 2. The Morgan fingerprint density at radius 2 is 0.769 bits per heavy atom. The summed E-state index contributed by atoms with van der Waals surface area (Å²) in [6, 6.07) is 0. The number of aliphatic hydroxyl groups excluding tert-OH is 2. The van der Waals surface area contributed by atoms with Crippen LogP contribution in [0.3, 0.4) is 0 Å². The maximum Gasteiger partial charge on any atom is 0.0402 e. The predicted octanol–water partition coefficient (Wildman–Crippen LogP) is 1.23. The third-order valence-electron chi connectivity index (χ3n) is 0. The fourth-order valence-electron chi connectivity index (χ4n) is 0. The molecule has 0 aliphatic rings. The van der Waals surface area contributed by atoms with E-state index in [0.717, 1.165) is 0 Å². The van der Waals surface area contributed by atoms with Gasteiger partial charge in [-0.2, -0.15) is 28.2 Å². The molecule has 13 heavy (non-hydrogen) atoms. The van der Waals surface area contributed by atoms with Crippen LogP contribution in [-0.2, 0) is 25.8 Å². The molecule has 0 aromatic heterocycles. The van der Waals surface area contributed by atoms with E-state index in [1.807, 2.05) is 0 Å². The van der Waals surface area contributed by atoms with Crippen molar-refractivity contribution in [2.45, 2.75) is 13.8 Å². The minimum absolute atomic E-state index is 0. The van der Waals surface area contributed by atoms with E-state index in [9.17, 15) is 0 Å². The monoisotopic (exact) mass is 360 g/mol. The minimum Gasteiger partial charge on any atom is -0.668 e. The molecule has 5 heteroatoms. The molecule has 0 saturated carbocycles. The van der Waals surface area contributed by atoms with Crippen molar-refractivity contribution >= 4 is 0 Å². The Morgan fingerprint density at radius 1 is 0.769 bits per heavy atom. The van der Waals surface area contributed by atoms with Crippen molar-refractivity contribution in [3.8, 4) is 0 Å². The van der Waals surface area contributed by atoms with Crippen molar-refractivity contribution in [3.63, 3.8) is 0 Å². The molecule has 0 rings (SSSR count). The molecule has 0 aliphatic heterocycles. The SMILES string of the molecule is CCO.CCO.C[N-]C.C[N-]C.[Hf]. The molecule has 0 saturated heterocycles. The summed E-state index contributed by atoms with van der Waals surface area (Å²) in [6.07, 6.45) is 0. The molecule has 0 unspecified atom stereocenters. The van der Waals surface area contributed by atoms with Crippen molar-refractivity contribution < 1.29 is 36.1 Å². The van der Waals surface area contributed by atoms with Crippen LogP contribution in [-0.4, -0.2) is 51.6 Å². The molecule has 84 valence electrons. The van der Waals surface area contributed by atoms with Gasteiger partial charge in [-0.3, -0.25) is 0 Å². The van der Waals surface area contributed by atoms with E-state index >= 15 is 0 Å². The topological polar surface area (TPSA) is 68.7 Å². The Hall–Kier alpha value is 0.710. The maximum atomic E-state index is 7.57. The quantitative estimate of drug-likeness (QED) is 0.640. The molecule has 0 aromatic rings. The van der Waals surface area contributed by atoms with Crippen LogP contribution in [0.15, 0.2) is 0 Å². The first kappa shape index (κ1) is 29.2. The Bertz CT molecular complexity index is 28.1. The molecule has 0 heterocycles. The second-order valence-electron chi connectivity index (χ2n) is 1.53. The fraction of sp³-hybridized carbons (Fsp3) is 1.00. The first-order valence-corrected chi connectivity index (χ1v) is 3.84. The van der Waals surface area contributed by atoms with Crippen LogP contribution >= 0.6 is 0 Å². The summed E-state index contributed by atoms with van der Waals surface area (Å²) in [7, 11) is 7.00. The van der Waals surface area contributed by atoms with Crippen LogP contribution < -0.4 is 0 Å². The van der Waals surface area contributed by atoms with Crippen LogP contribution in [0.2, 0.25) is 0 Å². The van der Waals surface area contributed by atoms with Gasteiger partial charge < -0.3 is 20.8 Å². The van der Waals surface area contributed by atoms with Crippen molar-refractivity contribution in [3.05, 3.63) is 10.6 Å². The normalized spacial score (nSPS) is 5.54. The molecule has 0 radical (unpaired) electrons. The average Bonchev–Trinajstić information content (AvgIpc) is 1.92. The first-order valence-electron chi connectivity index (χ1n) is 3.84. The van der Waals surface area contributed by atoms with E-state index in [1.54, 1.807) is 42.0 Å². The number of hydrogen-bond acceptors (Lipinski definition) is 2. The van der Waals surface area contributed by atoms with Crippen molar-refractivity contribution in [2.24, 2.45) is 0 Å². The van der Waals surface area contributed by atoms with Gasteiger partial charge in [-0.1, -0.05) is 0 Å². The molecule has 0 amide bonds. The zero-order valence-corrected chi connectivity index (χ0v) is 13.3. The van der Waals surface area contributed by atoms with Gasteiger partial charge in [0.15, 0.2) is 0 Å². The number of nitrogens with zero attached hydrogens (tertiary/aromatic N) is 2. The molecular weight excluding hydrogens is 335 g/mol. The molecule has 0 aliphatic carbocycles. The van der Waals surface area contributed by atoms with E-state index in [0.29, 0.717) is 0 Å². The molecular formula is C8H24HfN2O2-2. The van der Waals surface area contributed by atoms with Crippen LogP contribution in [0.4, 0.5) is 0 Å². The zero-order chi connectivity index (χ0) is 10.8. The standard InChI is InChI=1S/2C2H6N.2C2H6O.Hf/c2*1-3-2;2*1-2-3;/h2*1-2H3;2*3H,2H2,1H3;/q2*-1;;;. The molecule has 4 nitrogen and oxygen atoms in total. The fourth-order valence-corrected chi connectivity index (χ4v) is 0. The molecule has 2 N–H and O–H groups in total. The van der Waals surface area contributed by atoms with Gasteiger partial charge in [-0.25, -0.2) is 0 Å². The van der Waals surface area contributed by atoms with Crippen molar-refractivity contribution in [1.82, 2.24) is 0 Å². The number of rotatable bonds is 0. The third-order valence-corrected chi connectivity index (χ3v) is 0. The number of hydrogen-bond donors (Lipinski definition) is 2. The molecule has 0 atom stereocenters. The van der Waals surface area contributed by atoms with E-state index in [-0.39, 0.29) is 39.1 Å². The van der Waals surface area contributed by atoms with Gasteiger partial charge in [0.05, 0.1) is 0 Å². The molecule has 0 bridgehead atoms. The van der Waals surface area contributed by atoms with Crippen LogP contribution in [0, 0.1) is 0 Å². The van der Waals surface area contributed by atoms with Gasteiger partial charge >= 0.3 is 0 Å². The van der Waals surface area contributed by atoms with E-state index < -0.39 is 0 Å². The summed E-state index contributed by atoms with van der Waals surface area (Å²) >= 11 is 0. The second kappa shape index (κ2) is 78.6. The summed E-state index contributed by atoms with van der Waals surface area (Å²) in [5.74, 6) is 0. The largest absolute Gasteiger partial charge is 0.668 e. The Balaban J connectivity index is -0.0000000213. The van der Waals surface area contributed by atoms with Gasteiger partial charge in [0.25, 0.3) is 0 Å². The minimum atomic E-state index is 0. The predicted molar refractivity (Wildman–Crippen MR) is 55.9 cm³/mol. The van der Waals surface area contributed by atoms with Crippen LogP contribution in [0.5, 0.6) is 0 Å². The smallest absolute Gasteiger partial charge is 0.0402 e. The van der Waals surface area contributed by atoms with E-state index in [4.69, 9.17) is 10.2 Å². The van der Waals surface area contributed by atoms with E-state index in [2.05, 4.69) is 10.6 Å². The van der Waals surface area contributed by atoms with Gasteiger partial charge in [0, 0.05) is 39.1 Å². The van der Waals surface area contributed by atoms with Crippen molar-refractivity contribution in [2.75, 3.05) is 41.4 Å². The average molecular weight is 359 g/mol. The van der Waals surface area contributed by atoms with Crippen LogP contribution in [0.1, 0.15) is 13.8 Å². The Kier molecular flexibility index (Phi) is 176. The first-order chi connectivity index (χ1) is 5.66. The van der Waals surface area contributed by atoms with Gasteiger partial charge in [-0.05, 0) is 13.8 Å². The zero-order valence-electron chi connectivity index (χ0n) is 9.70. The summed E-state index contributed by atoms with van der Waals surface area (Å²) in [5.41, 5.74) is 0. The summed E-state index contributed by atoms with van der Waals surface area (Å²) in [6.45, 7) is 3.86. The summed E-state index contributed by atoms with van der Waals surface area (Å²) < 4.78 is 0. The summed E-state index contributed by atoms with van der Waals surface area (Å²) in [5, 5.41) is 22.1. The maximum absolute atomic E-state index is 7.57. The molecule has 0 spiro atoms. The van der Waals surface area contributed by atoms with Gasteiger partial charge in [0.2, 0.25) is 0 Å². The second-order valence-corrected chi connectivity index (χ2v) is 1.53. The Labute approximate surface area is 102 Å². The third kappa shape index (κ3) is 2890. The van der Waals surface area contributed by atoms with Crippen molar-refractivity contribution in [1.29, 1.82) is 0 Å². The van der Waals surface area contributed by atoms with E-state index in [1.165, 1.54) is 0 Å². The summed E-state index contributed by atoms with van der Waals surface area (Å²) in [4.78, 5) is 0. The molecule has 0 aromatic carbocycles. The van der Waals surface area contributed by atoms with Crippen LogP contribution in [0.25, 0.3) is 10.6 Å². The molecule has 0 fully saturated rings. The van der Waals surface area contributed by atoms with Gasteiger partial charge in [-0.15, -0.1) is 0 Å². The van der Waals surface area contributed by atoms with Gasteiger partial charge in [0.1, 0.15) is 0 Å². The Morgan fingerprint density at radius 3 is 0.769 bits per heavy atom.